The summed E-state index contributed by atoms with van der Waals surface area (Å²) in [7, 11) is 0. The minimum atomic E-state index is -4.53. The van der Waals surface area contributed by atoms with Gasteiger partial charge in [0.1, 0.15) is 6.04 Å². The van der Waals surface area contributed by atoms with E-state index in [1.165, 1.54) is 12.1 Å². The predicted octanol–water partition coefficient (Wildman–Crippen LogP) is 3.26. The maximum absolute atomic E-state index is 12.8. The predicted molar refractivity (Wildman–Crippen MR) is 86.7 cm³/mol. The van der Waals surface area contributed by atoms with E-state index in [0.717, 1.165) is 6.07 Å². The number of carboxylic acids is 1. The lowest BCUT2D eigenvalue weighted by Gasteiger charge is -2.40. The summed E-state index contributed by atoms with van der Waals surface area (Å²) in [5.74, 6) is -1.11. The van der Waals surface area contributed by atoms with E-state index in [0.29, 0.717) is 31.7 Å². The summed E-state index contributed by atoms with van der Waals surface area (Å²) in [6.45, 7) is 2.82. The second kappa shape index (κ2) is 7.51. The molecule has 2 rings (SSSR count). The molecule has 0 aliphatic carbocycles. The molecule has 1 aliphatic heterocycles. The first-order valence-electron chi connectivity index (χ1n) is 7.75. The van der Waals surface area contributed by atoms with Gasteiger partial charge < -0.3 is 14.9 Å². The number of alkyl halides is 3. The van der Waals surface area contributed by atoms with Crippen molar-refractivity contribution in [1.29, 1.82) is 0 Å². The van der Waals surface area contributed by atoms with E-state index in [9.17, 15) is 22.8 Å². The van der Waals surface area contributed by atoms with Gasteiger partial charge >= 0.3 is 12.1 Å². The second-order valence-corrected chi connectivity index (χ2v) is 6.26. The lowest BCUT2D eigenvalue weighted by atomic mass is 10.1. The lowest BCUT2D eigenvalue weighted by Crippen LogP contribution is -2.56. The highest BCUT2D eigenvalue weighted by Crippen LogP contribution is 2.37. The fourth-order valence-corrected chi connectivity index (χ4v) is 3.12. The van der Waals surface area contributed by atoms with Crippen molar-refractivity contribution in [2.45, 2.75) is 32.0 Å². The minimum absolute atomic E-state index is 0.0175. The number of hydrogen-bond acceptors (Lipinski definition) is 3. The Hall–Kier alpha value is -1.96. The number of hydrogen-bond donors (Lipinski definition) is 1. The Labute approximate surface area is 148 Å². The highest BCUT2D eigenvalue weighted by Gasteiger charge is 2.35. The molecule has 0 saturated carbocycles. The molecule has 25 heavy (non-hydrogen) atoms. The van der Waals surface area contributed by atoms with Gasteiger partial charge in [0, 0.05) is 31.7 Å². The molecule has 1 heterocycles. The van der Waals surface area contributed by atoms with Crippen molar-refractivity contribution < 1.29 is 27.9 Å². The number of benzene rings is 1. The molecular formula is C16H18ClF3N2O3. The summed E-state index contributed by atoms with van der Waals surface area (Å²) in [6.07, 6.45) is -4.18. The van der Waals surface area contributed by atoms with E-state index in [1.807, 2.05) is 0 Å². The molecule has 0 aromatic heterocycles. The average molecular weight is 379 g/mol. The molecule has 1 aliphatic rings. The molecule has 1 atom stereocenters. The van der Waals surface area contributed by atoms with E-state index >= 15 is 0 Å². The number of carbonyl (C=O) groups excluding carboxylic acids is 1. The zero-order valence-electron chi connectivity index (χ0n) is 13.5. The monoisotopic (exact) mass is 378 g/mol. The van der Waals surface area contributed by atoms with Crippen LogP contribution in [0.2, 0.25) is 5.02 Å². The highest BCUT2D eigenvalue weighted by molar-refractivity contribution is 6.31. The van der Waals surface area contributed by atoms with E-state index in [1.54, 1.807) is 16.7 Å². The van der Waals surface area contributed by atoms with E-state index < -0.39 is 28.8 Å². The standard InChI is InChI=1S/C16H18ClF3N2O3/c1-10-15(25)21(6-2-3-14(23)24)7-8-22(10)11-4-5-12(13(17)9-11)16(18,19)20/h4-5,9-10H,2-3,6-8H2,1H3,(H,23,24). The van der Waals surface area contributed by atoms with Crippen molar-refractivity contribution in [3.63, 3.8) is 0 Å². The Balaban J connectivity index is 2.09. The number of carbonyl (C=O) groups is 2. The molecule has 1 amide bonds. The third-order valence-corrected chi connectivity index (χ3v) is 4.47. The first-order valence-corrected chi connectivity index (χ1v) is 8.13. The van der Waals surface area contributed by atoms with E-state index in [2.05, 4.69) is 0 Å². The van der Waals surface area contributed by atoms with Gasteiger partial charge in [-0.15, -0.1) is 0 Å². The van der Waals surface area contributed by atoms with E-state index in [-0.39, 0.29) is 12.3 Å². The number of piperazine rings is 1. The van der Waals surface area contributed by atoms with Crippen LogP contribution in [0.1, 0.15) is 25.3 Å². The SMILES string of the molecule is CC1C(=O)N(CCCC(=O)O)CCN1c1ccc(C(F)(F)F)c(Cl)c1. The van der Waals surface area contributed by atoms with Gasteiger partial charge in [-0.2, -0.15) is 13.2 Å². The van der Waals surface area contributed by atoms with Crippen molar-refractivity contribution in [1.82, 2.24) is 4.90 Å². The Morgan fingerprint density at radius 1 is 1.36 bits per heavy atom. The molecule has 9 heteroatoms. The van der Waals surface area contributed by atoms with Crippen molar-refractivity contribution in [2.75, 3.05) is 24.5 Å². The van der Waals surface area contributed by atoms with Crippen molar-refractivity contribution in [2.24, 2.45) is 0 Å². The van der Waals surface area contributed by atoms with Crippen molar-refractivity contribution in [3.05, 3.63) is 28.8 Å². The van der Waals surface area contributed by atoms with Gasteiger partial charge in [-0.25, -0.2) is 0 Å². The Morgan fingerprint density at radius 3 is 2.60 bits per heavy atom. The Kier molecular flexibility index (Phi) is 5.82. The molecular weight excluding hydrogens is 361 g/mol. The van der Waals surface area contributed by atoms with Crippen LogP contribution < -0.4 is 4.90 Å². The highest BCUT2D eigenvalue weighted by atomic mass is 35.5. The fourth-order valence-electron chi connectivity index (χ4n) is 2.84. The van der Waals surface area contributed by atoms with Gasteiger partial charge in [-0.05, 0) is 31.5 Å². The molecule has 0 bridgehead atoms. The first kappa shape index (κ1) is 19.4. The van der Waals surface area contributed by atoms with Crippen LogP contribution in [0.25, 0.3) is 0 Å². The number of carboxylic acid groups (broad SMARTS) is 1. The first-order chi connectivity index (χ1) is 11.6. The summed E-state index contributed by atoms with van der Waals surface area (Å²) in [6, 6.07) is 2.87. The summed E-state index contributed by atoms with van der Waals surface area (Å²) >= 11 is 5.75. The maximum Gasteiger partial charge on any atom is 0.417 e. The summed E-state index contributed by atoms with van der Waals surface area (Å²) in [5.41, 5.74) is -0.465. The van der Waals surface area contributed by atoms with Crippen LogP contribution in [-0.4, -0.2) is 47.6 Å². The van der Waals surface area contributed by atoms with Gasteiger partial charge in [0.15, 0.2) is 0 Å². The molecule has 1 aromatic rings. The number of amides is 1. The molecule has 5 nitrogen and oxygen atoms in total. The minimum Gasteiger partial charge on any atom is -0.481 e. The van der Waals surface area contributed by atoms with Crippen LogP contribution in [-0.2, 0) is 15.8 Å². The third kappa shape index (κ3) is 4.56. The van der Waals surface area contributed by atoms with Gasteiger partial charge in [-0.1, -0.05) is 11.6 Å². The van der Waals surface area contributed by atoms with Crippen molar-refractivity contribution in [3.8, 4) is 0 Å². The molecule has 1 aromatic carbocycles. The Morgan fingerprint density at radius 2 is 2.04 bits per heavy atom. The quantitative estimate of drug-likeness (QED) is 0.854. The number of nitrogens with zero attached hydrogens (tertiary/aromatic N) is 2. The van der Waals surface area contributed by atoms with Gasteiger partial charge in [-0.3, -0.25) is 9.59 Å². The fraction of sp³-hybridized carbons (Fsp3) is 0.500. The maximum atomic E-state index is 12.8. The van der Waals surface area contributed by atoms with E-state index in [4.69, 9.17) is 16.7 Å². The van der Waals surface area contributed by atoms with Crippen LogP contribution in [0, 0.1) is 0 Å². The lowest BCUT2D eigenvalue weighted by molar-refractivity contribution is -0.138. The summed E-state index contributed by atoms with van der Waals surface area (Å²) in [5, 5.41) is 8.24. The summed E-state index contributed by atoms with van der Waals surface area (Å²) in [4.78, 5) is 26.2. The number of rotatable bonds is 5. The molecule has 1 saturated heterocycles. The normalized spacial score (nSPS) is 18.6. The van der Waals surface area contributed by atoms with Gasteiger partial charge in [0.05, 0.1) is 10.6 Å². The topological polar surface area (TPSA) is 60.9 Å². The average Bonchev–Trinajstić information content (AvgIpc) is 2.50. The molecule has 1 N–H and O–H groups in total. The summed E-state index contributed by atoms with van der Waals surface area (Å²) < 4.78 is 38.4. The molecule has 138 valence electrons. The second-order valence-electron chi connectivity index (χ2n) is 5.85. The van der Waals surface area contributed by atoms with Crippen LogP contribution in [0.5, 0.6) is 0 Å². The number of anilines is 1. The van der Waals surface area contributed by atoms with Crippen LogP contribution >= 0.6 is 11.6 Å². The smallest absolute Gasteiger partial charge is 0.417 e. The van der Waals surface area contributed by atoms with Crippen molar-refractivity contribution >= 4 is 29.2 Å². The van der Waals surface area contributed by atoms with Gasteiger partial charge in [0.25, 0.3) is 0 Å². The number of aliphatic carboxylic acids is 1. The molecule has 1 fully saturated rings. The zero-order chi connectivity index (χ0) is 18.8. The zero-order valence-corrected chi connectivity index (χ0v) is 14.3. The van der Waals surface area contributed by atoms with Gasteiger partial charge in [0.2, 0.25) is 5.91 Å². The third-order valence-electron chi connectivity index (χ3n) is 4.16. The molecule has 0 spiro atoms. The van der Waals surface area contributed by atoms with Crippen LogP contribution in [0.15, 0.2) is 18.2 Å². The largest absolute Gasteiger partial charge is 0.481 e. The Bertz CT molecular complexity index is 667. The number of halogens is 4. The molecule has 0 radical (unpaired) electrons. The van der Waals surface area contributed by atoms with Crippen LogP contribution in [0.4, 0.5) is 18.9 Å². The molecule has 1 unspecified atom stereocenters. The van der Waals surface area contributed by atoms with Crippen LogP contribution in [0.3, 0.4) is 0 Å².